The maximum absolute atomic E-state index is 12.6. The average molecular weight is 340 g/mol. The molecule has 0 bridgehead atoms. The van der Waals surface area contributed by atoms with Crippen LogP contribution in [0.2, 0.25) is 0 Å². The summed E-state index contributed by atoms with van der Waals surface area (Å²) in [7, 11) is 0.957. The molecule has 2 rings (SSSR count). The fourth-order valence-corrected chi connectivity index (χ4v) is 3.16. The molecule has 1 aromatic carbocycles. The second-order valence-electron chi connectivity index (χ2n) is 4.42. The quantitative estimate of drug-likeness (QED) is 0.791. The van der Waals surface area contributed by atoms with Gasteiger partial charge in [-0.1, -0.05) is 6.07 Å². The number of alkyl halides is 2. The third kappa shape index (κ3) is 3.62. The van der Waals surface area contributed by atoms with Crippen LogP contribution in [0.1, 0.15) is 19.3 Å². The number of amides is 1. The van der Waals surface area contributed by atoms with Gasteiger partial charge in [-0.25, -0.2) is 8.42 Å². The van der Waals surface area contributed by atoms with Gasteiger partial charge in [0.05, 0.1) is 5.69 Å². The minimum atomic E-state index is -4.28. The number of hydrogen-bond donors (Lipinski definition) is 0. The lowest BCUT2D eigenvalue weighted by molar-refractivity contribution is -0.119. The van der Waals surface area contributed by atoms with E-state index in [-0.39, 0.29) is 18.0 Å². The van der Waals surface area contributed by atoms with E-state index in [0.29, 0.717) is 19.4 Å². The van der Waals surface area contributed by atoms with Crippen molar-refractivity contribution < 1.29 is 26.7 Å². The van der Waals surface area contributed by atoms with Gasteiger partial charge >= 0.3 is 6.61 Å². The molecule has 1 fully saturated rings. The number of carbonyl (C=O) groups excluding carboxylic acids is 1. The number of carbonyl (C=O) groups is 1. The maximum Gasteiger partial charge on any atom is 0.387 e. The number of hydrogen-bond acceptors (Lipinski definition) is 4. The van der Waals surface area contributed by atoms with Gasteiger partial charge in [0.15, 0.2) is 5.75 Å². The summed E-state index contributed by atoms with van der Waals surface area (Å²) in [5, 5.41) is 0. The minimum Gasteiger partial charge on any atom is -0.431 e. The molecule has 0 saturated carbocycles. The van der Waals surface area contributed by atoms with Gasteiger partial charge in [-0.3, -0.25) is 4.79 Å². The molecule has 1 amide bonds. The van der Waals surface area contributed by atoms with Gasteiger partial charge in [0.1, 0.15) is 4.90 Å². The van der Waals surface area contributed by atoms with E-state index in [1.165, 1.54) is 17.0 Å². The number of halogens is 3. The van der Waals surface area contributed by atoms with Crippen LogP contribution in [0, 0.1) is 0 Å². The number of piperidine rings is 1. The highest BCUT2D eigenvalue weighted by molar-refractivity contribution is 8.13. The van der Waals surface area contributed by atoms with Crippen molar-refractivity contribution in [2.75, 3.05) is 11.4 Å². The summed E-state index contributed by atoms with van der Waals surface area (Å²) in [6.07, 6.45) is 1.66. The average Bonchev–Trinajstić information content (AvgIpc) is 2.38. The SMILES string of the molecule is O=C1CCCCN1c1cccc(S(=O)(=O)Cl)c1OC(F)F. The van der Waals surface area contributed by atoms with E-state index in [0.717, 1.165) is 6.07 Å². The summed E-state index contributed by atoms with van der Waals surface area (Å²) in [4.78, 5) is 12.6. The third-order valence-corrected chi connectivity index (χ3v) is 4.39. The number of ether oxygens (including phenoxy) is 1. The largest absolute Gasteiger partial charge is 0.431 e. The van der Waals surface area contributed by atoms with Crippen molar-refractivity contribution in [3.8, 4) is 5.75 Å². The first kappa shape index (κ1) is 16.0. The minimum absolute atomic E-state index is 0.0123. The zero-order valence-corrected chi connectivity index (χ0v) is 12.3. The van der Waals surface area contributed by atoms with E-state index in [9.17, 15) is 22.0 Å². The first-order chi connectivity index (χ1) is 9.80. The number of anilines is 1. The Labute approximate surface area is 124 Å². The van der Waals surface area contributed by atoms with Gasteiger partial charge in [-0.15, -0.1) is 0 Å². The Balaban J connectivity index is 2.56. The highest BCUT2D eigenvalue weighted by atomic mass is 35.7. The molecule has 0 spiro atoms. The monoisotopic (exact) mass is 339 g/mol. The van der Waals surface area contributed by atoms with Crippen LogP contribution in [0.5, 0.6) is 5.75 Å². The molecule has 0 unspecified atom stereocenters. The van der Waals surface area contributed by atoms with Crippen LogP contribution in [-0.4, -0.2) is 27.5 Å². The Morgan fingerprint density at radius 2 is 2.00 bits per heavy atom. The number of rotatable bonds is 4. The Morgan fingerprint density at radius 1 is 1.29 bits per heavy atom. The van der Waals surface area contributed by atoms with Gasteiger partial charge in [0.25, 0.3) is 9.05 Å². The standard InChI is InChI=1S/C12H12ClF2NO4S/c13-21(18,19)9-5-3-4-8(11(9)20-12(14)15)16-7-2-1-6-10(16)17/h3-5,12H,1-2,6-7H2. The fourth-order valence-electron chi connectivity index (χ4n) is 2.18. The number of benzene rings is 1. The van der Waals surface area contributed by atoms with E-state index >= 15 is 0 Å². The van der Waals surface area contributed by atoms with Gasteiger partial charge in [0, 0.05) is 23.6 Å². The molecular weight excluding hydrogens is 328 g/mol. The summed E-state index contributed by atoms with van der Waals surface area (Å²) < 4.78 is 52.4. The van der Waals surface area contributed by atoms with Crippen molar-refractivity contribution >= 4 is 31.3 Å². The second kappa shape index (κ2) is 6.15. The summed E-state index contributed by atoms with van der Waals surface area (Å²) >= 11 is 0. The molecule has 1 saturated heterocycles. The predicted molar refractivity (Wildman–Crippen MR) is 72.3 cm³/mol. The molecule has 1 aliphatic rings. The number of para-hydroxylation sites is 1. The highest BCUT2D eigenvalue weighted by Gasteiger charge is 2.28. The molecule has 0 aliphatic carbocycles. The first-order valence-electron chi connectivity index (χ1n) is 6.13. The summed E-state index contributed by atoms with van der Waals surface area (Å²) in [5.41, 5.74) is -0.0123. The molecule has 0 N–H and O–H groups in total. The Morgan fingerprint density at radius 3 is 2.57 bits per heavy atom. The molecule has 1 aromatic rings. The molecule has 21 heavy (non-hydrogen) atoms. The Bertz CT molecular complexity index is 651. The van der Waals surface area contributed by atoms with E-state index in [4.69, 9.17) is 10.7 Å². The molecule has 116 valence electrons. The van der Waals surface area contributed by atoms with Gasteiger partial charge in [-0.05, 0) is 25.0 Å². The first-order valence-corrected chi connectivity index (χ1v) is 8.44. The van der Waals surface area contributed by atoms with Crippen molar-refractivity contribution in [3.05, 3.63) is 18.2 Å². The fraction of sp³-hybridized carbons (Fsp3) is 0.417. The smallest absolute Gasteiger partial charge is 0.387 e. The van der Waals surface area contributed by atoms with E-state index in [1.807, 2.05) is 0 Å². The van der Waals surface area contributed by atoms with Crippen LogP contribution < -0.4 is 9.64 Å². The molecule has 0 atom stereocenters. The van der Waals surface area contributed by atoms with Crippen molar-refractivity contribution in [1.29, 1.82) is 0 Å². The van der Waals surface area contributed by atoms with Crippen molar-refractivity contribution in [2.24, 2.45) is 0 Å². The lowest BCUT2D eigenvalue weighted by Gasteiger charge is -2.28. The van der Waals surface area contributed by atoms with Crippen LogP contribution in [0.3, 0.4) is 0 Å². The van der Waals surface area contributed by atoms with Crippen LogP contribution >= 0.6 is 10.7 Å². The van der Waals surface area contributed by atoms with Crippen LogP contribution in [0.4, 0.5) is 14.5 Å². The molecule has 1 aliphatic heterocycles. The zero-order valence-electron chi connectivity index (χ0n) is 10.8. The lowest BCUT2D eigenvalue weighted by Crippen LogP contribution is -2.35. The van der Waals surface area contributed by atoms with Gasteiger partial charge < -0.3 is 9.64 Å². The molecular formula is C12H12ClF2NO4S. The van der Waals surface area contributed by atoms with E-state index in [1.54, 1.807) is 0 Å². The van der Waals surface area contributed by atoms with Crippen molar-refractivity contribution in [2.45, 2.75) is 30.8 Å². The lowest BCUT2D eigenvalue weighted by atomic mass is 10.1. The third-order valence-electron chi connectivity index (χ3n) is 3.04. The summed E-state index contributed by atoms with van der Waals surface area (Å²) in [6, 6.07) is 3.73. The van der Waals surface area contributed by atoms with Crippen LogP contribution in [-0.2, 0) is 13.8 Å². The molecule has 5 nitrogen and oxygen atoms in total. The topological polar surface area (TPSA) is 63.7 Å². The highest BCUT2D eigenvalue weighted by Crippen LogP contribution is 2.38. The zero-order chi connectivity index (χ0) is 15.6. The van der Waals surface area contributed by atoms with Crippen LogP contribution in [0.25, 0.3) is 0 Å². The molecule has 0 radical (unpaired) electrons. The van der Waals surface area contributed by atoms with Crippen molar-refractivity contribution in [1.82, 2.24) is 0 Å². The predicted octanol–water partition coefficient (Wildman–Crippen LogP) is 2.73. The Hall–Kier alpha value is -1.41. The summed E-state index contributed by atoms with van der Waals surface area (Å²) in [5.74, 6) is -0.873. The van der Waals surface area contributed by atoms with Gasteiger partial charge in [-0.2, -0.15) is 8.78 Å². The van der Waals surface area contributed by atoms with Crippen molar-refractivity contribution in [3.63, 3.8) is 0 Å². The second-order valence-corrected chi connectivity index (χ2v) is 6.96. The Kier molecular flexibility index (Phi) is 4.67. The van der Waals surface area contributed by atoms with Crippen LogP contribution in [0.15, 0.2) is 23.1 Å². The van der Waals surface area contributed by atoms with E-state index in [2.05, 4.69) is 4.74 Å². The normalized spacial score (nSPS) is 16.4. The summed E-state index contributed by atoms with van der Waals surface area (Å²) in [6.45, 7) is -2.92. The molecule has 1 heterocycles. The van der Waals surface area contributed by atoms with E-state index < -0.39 is 26.3 Å². The molecule has 0 aromatic heterocycles. The van der Waals surface area contributed by atoms with Gasteiger partial charge in [0.2, 0.25) is 5.91 Å². The maximum atomic E-state index is 12.6. The number of nitrogens with zero attached hydrogens (tertiary/aromatic N) is 1. The molecule has 9 heteroatoms.